The standard InChI is InChI=1S/C27H30N6O5/c1-26-11-12-27(38-26)21(20(26)23(35)28-15-17-7-3-2-4-8-17)25(37)32(13-14-34)22(27)24(36)29-16-33-19-10-6-5-9-18(19)30-31-33/h2-10,20-22,34H,11-16H2,1H3,(H,28,35)(H,29,36)/t20-,21+,22?,26+,27?/m1/s1. The van der Waals surface area contributed by atoms with E-state index in [-0.39, 0.29) is 31.6 Å². The van der Waals surface area contributed by atoms with Gasteiger partial charge >= 0.3 is 0 Å². The molecule has 3 fully saturated rings. The van der Waals surface area contributed by atoms with Crippen molar-refractivity contribution in [1.29, 1.82) is 0 Å². The number of rotatable bonds is 8. The van der Waals surface area contributed by atoms with E-state index in [1.807, 2.05) is 61.5 Å². The molecule has 3 saturated heterocycles. The van der Waals surface area contributed by atoms with Gasteiger partial charge in [-0.3, -0.25) is 14.4 Å². The van der Waals surface area contributed by atoms with E-state index in [1.54, 1.807) is 4.68 Å². The van der Waals surface area contributed by atoms with Crippen LogP contribution in [0.25, 0.3) is 11.0 Å². The molecule has 2 unspecified atom stereocenters. The fraction of sp³-hybridized carbons (Fsp3) is 0.444. The highest BCUT2D eigenvalue weighted by Gasteiger charge is 2.77. The Labute approximate surface area is 219 Å². The average Bonchev–Trinajstić information content (AvgIpc) is 3.63. The third-order valence-electron chi connectivity index (χ3n) is 8.28. The van der Waals surface area contributed by atoms with Crippen molar-refractivity contribution in [2.45, 2.75) is 50.2 Å². The van der Waals surface area contributed by atoms with Gasteiger partial charge in [-0.1, -0.05) is 47.7 Å². The smallest absolute Gasteiger partial charge is 0.247 e. The summed E-state index contributed by atoms with van der Waals surface area (Å²) < 4.78 is 8.12. The summed E-state index contributed by atoms with van der Waals surface area (Å²) in [5.41, 5.74) is 0.395. The number of hydrogen-bond donors (Lipinski definition) is 3. The molecular formula is C27H30N6O5. The van der Waals surface area contributed by atoms with E-state index >= 15 is 0 Å². The van der Waals surface area contributed by atoms with Crippen LogP contribution in [0, 0.1) is 11.8 Å². The third kappa shape index (κ3) is 3.68. The fourth-order valence-corrected chi connectivity index (χ4v) is 6.65. The van der Waals surface area contributed by atoms with Crippen LogP contribution in [0.4, 0.5) is 0 Å². The molecular weight excluding hydrogens is 488 g/mol. The summed E-state index contributed by atoms with van der Waals surface area (Å²) in [6.45, 7) is 1.90. The number of ether oxygens (including phenoxy) is 1. The number of aliphatic hydroxyl groups excluding tert-OH is 1. The summed E-state index contributed by atoms with van der Waals surface area (Å²) in [4.78, 5) is 42.4. The van der Waals surface area contributed by atoms with E-state index in [0.717, 1.165) is 11.1 Å². The van der Waals surface area contributed by atoms with Gasteiger partial charge in [0.15, 0.2) is 0 Å². The maximum Gasteiger partial charge on any atom is 0.247 e. The van der Waals surface area contributed by atoms with Gasteiger partial charge in [-0.2, -0.15) is 0 Å². The van der Waals surface area contributed by atoms with Gasteiger partial charge in [0.2, 0.25) is 17.7 Å². The van der Waals surface area contributed by atoms with Crippen molar-refractivity contribution in [1.82, 2.24) is 30.5 Å². The average molecular weight is 519 g/mol. The second kappa shape index (κ2) is 9.17. The number of β-amino-alcohol motifs (C(OH)–C–C–N with tert-alkyl or cyclic N) is 1. The Morgan fingerprint density at radius 1 is 1.08 bits per heavy atom. The van der Waals surface area contributed by atoms with Gasteiger partial charge in [0.1, 0.15) is 23.8 Å². The maximum absolute atomic E-state index is 13.8. The minimum absolute atomic E-state index is 0.0279. The number of carbonyl (C=O) groups excluding carboxylic acids is 3. The molecule has 0 aliphatic carbocycles. The van der Waals surface area contributed by atoms with Crippen molar-refractivity contribution < 1.29 is 24.2 Å². The Morgan fingerprint density at radius 2 is 1.84 bits per heavy atom. The molecule has 5 atom stereocenters. The molecule has 3 aromatic rings. The molecule has 38 heavy (non-hydrogen) atoms. The SMILES string of the molecule is C[C@@]12CCC3(O1)C(C(=O)NCn1nnc4ccccc41)N(CCO)C(=O)[C@@H]3[C@@H]2C(=O)NCc1ccccc1. The molecule has 1 spiro atoms. The molecule has 2 aromatic carbocycles. The summed E-state index contributed by atoms with van der Waals surface area (Å²) in [6.07, 6.45) is 1.01. The van der Waals surface area contributed by atoms with Gasteiger partial charge in [-0.25, -0.2) is 4.68 Å². The zero-order chi connectivity index (χ0) is 26.5. The second-order valence-electron chi connectivity index (χ2n) is 10.5. The first-order chi connectivity index (χ1) is 18.4. The minimum Gasteiger partial charge on any atom is -0.395 e. The summed E-state index contributed by atoms with van der Waals surface area (Å²) in [7, 11) is 0. The summed E-state index contributed by atoms with van der Waals surface area (Å²) in [5, 5.41) is 23.8. The van der Waals surface area contributed by atoms with E-state index in [2.05, 4.69) is 20.9 Å². The van der Waals surface area contributed by atoms with Crippen molar-refractivity contribution in [3.05, 3.63) is 60.2 Å². The van der Waals surface area contributed by atoms with Crippen LogP contribution < -0.4 is 10.6 Å². The first-order valence-electron chi connectivity index (χ1n) is 12.9. The van der Waals surface area contributed by atoms with Crippen LogP contribution in [0.2, 0.25) is 0 Å². The third-order valence-corrected chi connectivity index (χ3v) is 8.28. The lowest BCUT2D eigenvalue weighted by molar-refractivity contribution is -0.146. The van der Waals surface area contributed by atoms with Gasteiger partial charge < -0.3 is 25.4 Å². The predicted molar refractivity (Wildman–Crippen MR) is 135 cm³/mol. The molecule has 4 heterocycles. The van der Waals surface area contributed by atoms with Crippen LogP contribution in [0.3, 0.4) is 0 Å². The van der Waals surface area contributed by atoms with E-state index in [4.69, 9.17) is 4.74 Å². The number of aliphatic hydroxyl groups is 1. The number of hydrogen-bond acceptors (Lipinski definition) is 7. The normalized spacial score (nSPS) is 29.6. The molecule has 0 saturated carbocycles. The lowest BCUT2D eigenvalue weighted by atomic mass is 9.66. The summed E-state index contributed by atoms with van der Waals surface area (Å²) in [6, 6.07) is 16.0. The molecule has 11 heteroatoms. The van der Waals surface area contributed by atoms with Crippen molar-refractivity contribution in [2.24, 2.45) is 11.8 Å². The first kappa shape index (κ1) is 24.5. The number of amides is 3. The molecule has 3 N–H and O–H groups in total. The lowest BCUT2D eigenvalue weighted by Crippen LogP contribution is -2.55. The lowest BCUT2D eigenvalue weighted by Gasteiger charge is -2.33. The zero-order valence-corrected chi connectivity index (χ0v) is 21.0. The molecule has 3 aliphatic heterocycles. The number of nitrogens with zero attached hydrogens (tertiary/aromatic N) is 4. The Balaban J connectivity index is 1.26. The Bertz CT molecular complexity index is 1390. The van der Waals surface area contributed by atoms with E-state index < -0.39 is 35.0 Å². The molecule has 0 radical (unpaired) electrons. The van der Waals surface area contributed by atoms with Crippen LogP contribution in [0.1, 0.15) is 25.3 Å². The molecule has 1 aromatic heterocycles. The van der Waals surface area contributed by atoms with Crippen molar-refractivity contribution in [3.63, 3.8) is 0 Å². The molecule has 6 rings (SSSR count). The van der Waals surface area contributed by atoms with Crippen LogP contribution in [-0.2, 0) is 32.3 Å². The fourth-order valence-electron chi connectivity index (χ4n) is 6.65. The number of para-hydroxylation sites is 1. The number of nitrogens with one attached hydrogen (secondary N) is 2. The summed E-state index contributed by atoms with van der Waals surface area (Å²) >= 11 is 0. The number of carbonyl (C=O) groups is 3. The van der Waals surface area contributed by atoms with Gasteiger partial charge in [-0.05, 0) is 37.5 Å². The molecule has 2 bridgehead atoms. The minimum atomic E-state index is -1.15. The van der Waals surface area contributed by atoms with Crippen molar-refractivity contribution in [3.8, 4) is 0 Å². The van der Waals surface area contributed by atoms with Gasteiger partial charge in [0, 0.05) is 13.1 Å². The molecule has 3 aliphatic rings. The second-order valence-corrected chi connectivity index (χ2v) is 10.5. The van der Waals surface area contributed by atoms with Gasteiger partial charge in [-0.15, -0.1) is 5.10 Å². The molecule has 198 valence electrons. The molecule has 11 nitrogen and oxygen atoms in total. The number of benzene rings is 2. The Kier molecular flexibility index (Phi) is 5.92. The van der Waals surface area contributed by atoms with E-state index in [1.165, 1.54) is 4.90 Å². The highest BCUT2D eigenvalue weighted by Crippen LogP contribution is 2.63. The predicted octanol–water partition coefficient (Wildman–Crippen LogP) is 0.578. The topological polar surface area (TPSA) is 139 Å². The zero-order valence-electron chi connectivity index (χ0n) is 21.0. The van der Waals surface area contributed by atoms with Gasteiger partial charge in [0.05, 0.1) is 29.6 Å². The Hall–Kier alpha value is -3.83. The number of fused-ring (bicyclic) bond motifs is 2. The quantitative estimate of drug-likeness (QED) is 0.396. The highest BCUT2D eigenvalue weighted by molar-refractivity contribution is 5.99. The summed E-state index contributed by atoms with van der Waals surface area (Å²) in [5.74, 6) is -2.58. The first-order valence-corrected chi connectivity index (χ1v) is 12.9. The van der Waals surface area contributed by atoms with Crippen molar-refractivity contribution >= 4 is 28.8 Å². The molecule has 3 amide bonds. The van der Waals surface area contributed by atoms with Crippen LogP contribution in [0.15, 0.2) is 54.6 Å². The monoisotopic (exact) mass is 518 g/mol. The largest absolute Gasteiger partial charge is 0.395 e. The number of aromatic nitrogens is 3. The Morgan fingerprint density at radius 3 is 2.63 bits per heavy atom. The maximum atomic E-state index is 13.8. The highest BCUT2D eigenvalue weighted by atomic mass is 16.5. The van der Waals surface area contributed by atoms with E-state index in [0.29, 0.717) is 24.9 Å². The van der Waals surface area contributed by atoms with Crippen molar-refractivity contribution in [2.75, 3.05) is 13.2 Å². The van der Waals surface area contributed by atoms with Gasteiger partial charge in [0.25, 0.3) is 0 Å². The number of likely N-dealkylation sites (tertiary alicyclic amines) is 1. The van der Waals surface area contributed by atoms with Crippen LogP contribution in [0.5, 0.6) is 0 Å². The van der Waals surface area contributed by atoms with Crippen LogP contribution >= 0.6 is 0 Å². The van der Waals surface area contributed by atoms with Crippen LogP contribution in [-0.4, -0.2) is 73.1 Å². The van der Waals surface area contributed by atoms with E-state index in [9.17, 15) is 19.5 Å².